The van der Waals surface area contributed by atoms with Crippen LogP contribution in [0, 0.1) is 0 Å². The van der Waals surface area contributed by atoms with Crippen molar-refractivity contribution in [3.8, 4) is 0 Å². The zero-order chi connectivity index (χ0) is 11.4. The average molecular weight is 226 g/mol. The Morgan fingerprint density at radius 2 is 2.00 bits per heavy atom. The highest BCUT2D eigenvalue weighted by Crippen LogP contribution is 2.28. The Morgan fingerprint density at radius 3 is 2.62 bits per heavy atom. The van der Waals surface area contributed by atoms with Gasteiger partial charge in [0.15, 0.2) is 0 Å². The van der Waals surface area contributed by atoms with Crippen molar-refractivity contribution in [3.63, 3.8) is 0 Å². The number of carbonyl (C=O) groups excluding carboxylic acids is 1. The van der Waals surface area contributed by atoms with Gasteiger partial charge >= 0.3 is 0 Å². The van der Waals surface area contributed by atoms with Crippen LogP contribution in [0.5, 0.6) is 0 Å². The minimum atomic E-state index is -0.507. The predicted octanol–water partition coefficient (Wildman–Crippen LogP) is 0.550. The number of nitrogens with one attached hydrogen (secondary N) is 2. The topological polar surface area (TPSA) is 61.4 Å². The van der Waals surface area contributed by atoms with Gasteiger partial charge in [-0.15, -0.1) is 0 Å². The van der Waals surface area contributed by atoms with Gasteiger partial charge in [0.2, 0.25) is 5.91 Å². The van der Waals surface area contributed by atoms with E-state index in [0.717, 1.165) is 38.5 Å². The van der Waals surface area contributed by atoms with Crippen LogP contribution in [-0.4, -0.2) is 35.7 Å². The molecule has 16 heavy (non-hydrogen) atoms. The van der Waals surface area contributed by atoms with Crippen molar-refractivity contribution in [2.45, 2.75) is 56.6 Å². The van der Waals surface area contributed by atoms with E-state index >= 15 is 0 Å². The maximum Gasteiger partial charge on any atom is 0.221 e. The minimum Gasteiger partial charge on any atom is -0.389 e. The van der Waals surface area contributed by atoms with Crippen molar-refractivity contribution in [1.29, 1.82) is 0 Å². The third-order valence-corrected chi connectivity index (χ3v) is 3.46. The Bertz CT molecular complexity index is 245. The summed E-state index contributed by atoms with van der Waals surface area (Å²) in [4.78, 5) is 11.4. The summed E-state index contributed by atoms with van der Waals surface area (Å²) in [5.74, 6) is 0.133. The molecular weight excluding hydrogens is 204 g/mol. The molecule has 2 fully saturated rings. The Balaban J connectivity index is 1.52. The van der Waals surface area contributed by atoms with E-state index in [4.69, 9.17) is 0 Å². The first kappa shape index (κ1) is 11.9. The zero-order valence-electron chi connectivity index (χ0n) is 9.80. The molecule has 2 aliphatic carbocycles. The molecule has 92 valence electrons. The van der Waals surface area contributed by atoms with Gasteiger partial charge in [0.05, 0.1) is 5.60 Å². The summed E-state index contributed by atoms with van der Waals surface area (Å²) in [6, 6.07) is 0.450. The van der Waals surface area contributed by atoms with Crippen molar-refractivity contribution in [2.24, 2.45) is 0 Å². The van der Waals surface area contributed by atoms with E-state index in [2.05, 4.69) is 10.6 Å². The second kappa shape index (κ2) is 5.15. The molecule has 2 rings (SSSR count). The molecule has 0 aromatic heterocycles. The van der Waals surface area contributed by atoms with E-state index in [9.17, 15) is 9.90 Å². The van der Waals surface area contributed by atoms with E-state index in [1.165, 1.54) is 0 Å². The lowest BCUT2D eigenvalue weighted by Gasteiger charge is -2.22. The molecule has 0 unspecified atom stereocenters. The second-order valence-corrected chi connectivity index (χ2v) is 5.20. The molecule has 2 aliphatic rings. The minimum absolute atomic E-state index is 0.133. The number of carbonyl (C=O) groups is 1. The fourth-order valence-corrected chi connectivity index (χ4v) is 2.26. The van der Waals surface area contributed by atoms with Crippen LogP contribution in [0.3, 0.4) is 0 Å². The number of hydrogen-bond acceptors (Lipinski definition) is 3. The van der Waals surface area contributed by atoms with Crippen LogP contribution in [0.1, 0.15) is 44.9 Å². The molecule has 4 nitrogen and oxygen atoms in total. The lowest BCUT2D eigenvalue weighted by Crippen LogP contribution is -2.39. The zero-order valence-corrected chi connectivity index (χ0v) is 9.80. The van der Waals surface area contributed by atoms with Gasteiger partial charge in [-0.25, -0.2) is 0 Å². The van der Waals surface area contributed by atoms with E-state index in [0.29, 0.717) is 25.6 Å². The second-order valence-electron chi connectivity index (χ2n) is 5.20. The SMILES string of the molecule is O=C(CCNCC1(O)CCCC1)NC1CC1. The first-order chi connectivity index (χ1) is 7.68. The van der Waals surface area contributed by atoms with Crippen LogP contribution in [-0.2, 0) is 4.79 Å². The molecule has 3 N–H and O–H groups in total. The molecule has 0 radical (unpaired) electrons. The van der Waals surface area contributed by atoms with Crippen LogP contribution in [0.15, 0.2) is 0 Å². The summed E-state index contributed by atoms with van der Waals surface area (Å²) in [7, 11) is 0. The van der Waals surface area contributed by atoms with Crippen molar-refractivity contribution in [1.82, 2.24) is 10.6 Å². The Kier molecular flexibility index (Phi) is 3.82. The molecular formula is C12H22N2O2. The summed E-state index contributed by atoms with van der Waals surface area (Å²) in [5.41, 5.74) is -0.507. The van der Waals surface area contributed by atoms with E-state index in [1.54, 1.807) is 0 Å². The van der Waals surface area contributed by atoms with Crippen LogP contribution < -0.4 is 10.6 Å². The van der Waals surface area contributed by atoms with Crippen molar-refractivity contribution < 1.29 is 9.90 Å². The van der Waals surface area contributed by atoms with Crippen molar-refractivity contribution in [3.05, 3.63) is 0 Å². The molecule has 2 saturated carbocycles. The molecule has 0 heterocycles. The van der Waals surface area contributed by atoms with Crippen LogP contribution in [0.4, 0.5) is 0 Å². The molecule has 0 atom stereocenters. The van der Waals surface area contributed by atoms with Crippen molar-refractivity contribution >= 4 is 5.91 Å². The number of rotatable bonds is 6. The largest absolute Gasteiger partial charge is 0.389 e. The Labute approximate surface area is 96.8 Å². The smallest absolute Gasteiger partial charge is 0.221 e. The lowest BCUT2D eigenvalue weighted by molar-refractivity contribution is -0.121. The summed E-state index contributed by atoms with van der Waals surface area (Å²) >= 11 is 0. The van der Waals surface area contributed by atoms with Gasteiger partial charge in [0.25, 0.3) is 0 Å². The molecule has 0 spiro atoms. The Morgan fingerprint density at radius 1 is 1.31 bits per heavy atom. The molecule has 0 aliphatic heterocycles. The van der Waals surface area contributed by atoms with Gasteiger partial charge in [-0.05, 0) is 25.7 Å². The van der Waals surface area contributed by atoms with Crippen LogP contribution >= 0.6 is 0 Å². The standard InChI is InChI=1S/C12H22N2O2/c15-11(14-10-3-4-10)5-8-13-9-12(16)6-1-2-7-12/h10,13,16H,1-9H2,(H,14,15). The third kappa shape index (κ3) is 3.76. The summed E-state index contributed by atoms with van der Waals surface area (Å²) < 4.78 is 0. The highest BCUT2D eigenvalue weighted by atomic mass is 16.3. The van der Waals surface area contributed by atoms with Crippen molar-refractivity contribution in [2.75, 3.05) is 13.1 Å². The molecule has 1 amide bonds. The molecule has 0 saturated heterocycles. The van der Waals surface area contributed by atoms with Gasteiger partial charge in [-0.2, -0.15) is 0 Å². The number of hydrogen-bond donors (Lipinski definition) is 3. The maximum atomic E-state index is 11.4. The normalized spacial score (nSPS) is 23.3. The lowest BCUT2D eigenvalue weighted by atomic mass is 10.0. The van der Waals surface area contributed by atoms with E-state index < -0.39 is 5.60 Å². The van der Waals surface area contributed by atoms with Crippen LogP contribution in [0.2, 0.25) is 0 Å². The van der Waals surface area contributed by atoms with E-state index in [-0.39, 0.29) is 5.91 Å². The molecule has 0 bridgehead atoms. The monoisotopic (exact) mass is 226 g/mol. The van der Waals surface area contributed by atoms with Gasteiger partial charge in [-0.3, -0.25) is 4.79 Å². The quantitative estimate of drug-likeness (QED) is 0.580. The number of amides is 1. The highest BCUT2D eigenvalue weighted by molar-refractivity contribution is 5.76. The number of aliphatic hydroxyl groups is 1. The summed E-state index contributed by atoms with van der Waals surface area (Å²) in [6.45, 7) is 1.30. The molecule has 0 aromatic carbocycles. The summed E-state index contributed by atoms with van der Waals surface area (Å²) in [6.07, 6.45) is 6.84. The van der Waals surface area contributed by atoms with Gasteiger partial charge in [0.1, 0.15) is 0 Å². The first-order valence-electron chi connectivity index (χ1n) is 6.40. The fourth-order valence-electron chi connectivity index (χ4n) is 2.26. The fraction of sp³-hybridized carbons (Fsp3) is 0.917. The average Bonchev–Trinajstić information content (AvgIpc) is 2.95. The van der Waals surface area contributed by atoms with E-state index in [1.807, 2.05) is 0 Å². The predicted molar refractivity (Wildman–Crippen MR) is 62.1 cm³/mol. The Hall–Kier alpha value is -0.610. The van der Waals surface area contributed by atoms with Crippen LogP contribution in [0.25, 0.3) is 0 Å². The molecule has 4 heteroatoms. The third-order valence-electron chi connectivity index (χ3n) is 3.46. The van der Waals surface area contributed by atoms with Gasteiger partial charge < -0.3 is 15.7 Å². The first-order valence-corrected chi connectivity index (χ1v) is 6.40. The van der Waals surface area contributed by atoms with Gasteiger partial charge in [-0.1, -0.05) is 12.8 Å². The van der Waals surface area contributed by atoms with Gasteiger partial charge in [0, 0.05) is 25.6 Å². The highest BCUT2D eigenvalue weighted by Gasteiger charge is 2.30. The maximum absolute atomic E-state index is 11.4. The summed E-state index contributed by atoms with van der Waals surface area (Å²) in [5, 5.41) is 16.2. The molecule has 0 aromatic rings.